The second-order valence-corrected chi connectivity index (χ2v) is 20.8. The predicted octanol–water partition coefficient (Wildman–Crippen LogP) is 9.59. The van der Waals surface area contributed by atoms with Gasteiger partial charge in [0.1, 0.15) is 36.5 Å². The number of hydrogen-bond acceptors (Lipinski definition) is 11. The lowest BCUT2D eigenvalue weighted by Crippen LogP contribution is -2.44. The van der Waals surface area contributed by atoms with Gasteiger partial charge in [-0.2, -0.15) is 0 Å². The van der Waals surface area contributed by atoms with Crippen molar-refractivity contribution in [3.63, 3.8) is 0 Å². The summed E-state index contributed by atoms with van der Waals surface area (Å²) in [5.41, 5.74) is 3.10. The predicted molar refractivity (Wildman–Crippen MR) is 277 cm³/mol. The third kappa shape index (κ3) is 26.3. The lowest BCUT2D eigenvalue weighted by Gasteiger charge is -2.24. The summed E-state index contributed by atoms with van der Waals surface area (Å²) < 4.78 is 21.8. The Balaban J connectivity index is 1.19. The molecule has 2 aromatic rings. The Bertz CT molecular complexity index is 1950. The van der Waals surface area contributed by atoms with E-state index in [1.54, 1.807) is 20.8 Å². The molecule has 0 radical (unpaired) electrons. The number of unbranched alkanes of at least 4 members (excludes halogenated alkanes) is 14. The number of ether oxygens (including phenoxy) is 4. The van der Waals surface area contributed by atoms with Crippen LogP contribution in [-0.2, 0) is 47.7 Å². The van der Waals surface area contributed by atoms with Gasteiger partial charge in [-0.25, -0.2) is 14.4 Å². The molecule has 72 heavy (non-hydrogen) atoms. The normalized spacial score (nSPS) is 13.0. The van der Waals surface area contributed by atoms with Crippen LogP contribution in [0, 0.1) is 0 Å². The van der Waals surface area contributed by atoms with Crippen LogP contribution in [0.25, 0.3) is 11.1 Å². The van der Waals surface area contributed by atoms with Crippen molar-refractivity contribution in [1.29, 1.82) is 0 Å². The van der Waals surface area contributed by atoms with Crippen LogP contribution in [0.15, 0.2) is 48.5 Å². The van der Waals surface area contributed by atoms with Crippen LogP contribution in [-0.4, -0.2) is 103 Å². The molecule has 16 heteroatoms. The largest absolute Gasteiger partial charge is 0.480 e. The van der Waals surface area contributed by atoms with Crippen molar-refractivity contribution < 1.29 is 57.6 Å². The molecule has 4 amide bonds. The van der Waals surface area contributed by atoms with Gasteiger partial charge in [-0.15, -0.1) is 0 Å². The molecule has 0 saturated carbocycles. The lowest BCUT2D eigenvalue weighted by molar-refractivity contribution is -0.159. The van der Waals surface area contributed by atoms with Crippen LogP contribution in [0.5, 0.6) is 0 Å². The molecule has 16 nitrogen and oxygen atoms in total. The number of rotatable bonds is 36. The first-order valence-corrected chi connectivity index (χ1v) is 26.5. The van der Waals surface area contributed by atoms with Crippen molar-refractivity contribution in [2.45, 2.75) is 206 Å². The molecule has 2 atom stereocenters. The minimum absolute atomic E-state index is 0.0357. The zero-order chi connectivity index (χ0) is 52.8. The fraction of sp³-hybridized carbons (Fsp3) is 0.661. The van der Waals surface area contributed by atoms with Crippen LogP contribution in [0.1, 0.15) is 193 Å². The molecule has 0 heterocycles. The average molecular weight is 1010 g/mol. The van der Waals surface area contributed by atoms with E-state index in [0.29, 0.717) is 25.7 Å². The number of carbonyl (C=O) groups excluding carboxylic acids is 6. The molecule has 3 rings (SSSR count). The van der Waals surface area contributed by atoms with E-state index in [9.17, 15) is 38.7 Å². The Kier molecular flexibility index (Phi) is 28.1. The number of esters is 2. The van der Waals surface area contributed by atoms with E-state index in [1.165, 1.54) is 44.9 Å². The molecule has 0 fully saturated rings. The maximum absolute atomic E-state index is 13.0. The number of amides is 4. The van der Waals surface area contributed by atoms with Crippen molar-refractivity contribution >= 4 is 41.7 Å². The van der Waals surface area contributed by atoms with Gasteiger partial charge in [0.2, 0.25) is 17.7 Å². The van der Waals surface area contributed by atoms with Crippen LogP contribution in [0.4, 0.5) is 4.79 Å². The van der Waals surface area contributed by atoms with Gasteiger partial charge in [0.05, 0.1) is 6.61 Å². The number of benzene rings is 2. The Labute approximate surface area is 428 Å². The lowest BCUT2D eigenvalue weighted by atomic mass is 9.98. The fourth-order valence-corrected chi connectivity index (χ4v) is 8.54. The highest BCUT2D eigenvalue weighted by Crippen LogP contribution is 2.44. The minimum atomic E-state index is -1.18. The van der Waals surface area contributed by atoms with E-state index in [-0.39, 0.29) is 88.2 Å². The van der Waals surface area contributed by atoms with Gasteiger partial charge in [0, 0.05) is 38.3 Å². The zero-order valence-corrected chi connectivity index (χ0v) is 44.2. The molecular formula is C56H86N4O12. The number of nitrogens with one attached hydrogen (secondary N) is 4. The third-order valence-corrected chi connectivity index (χ3v) is 12.1. The topological polar surface area (TPSA) is 225 Å². The first-order valence-electron chi connectivity index (χ1n) is 26.5. The highest BCUT2D eigenvalue weighted by atomic mass is 16.6. The monoisotopic (exact) mass is 1010 g/mol. The summed E-state index contributed by atoms with van der Waals surface area (Å²) >= 11 is 0. The second kappa shape index (κ2) is 33.3. The zero-order valence-electron chi connectivity index (χ0n) is 44.2. The molecule has 0 saturated heterocycles. The summed E-state index contributed by atoms with van der Waals surface area (Å²) in [6, 6.07) is 13.7. The van der Waals surface area contributed by atoms with E-state index >= 15 is 0 Å². The van der Waals surface area contributed by atoms with Gasteiger partial charge in [-0.3, -0.25) is 19.2 Å². The first kappa shape index (κ1) is 60.8. The Morgan fingerprint density at radius 1 is 0.542 bits per heavy atom. The summed E-state index contributed by atoms with van der Waals surface area (Å²) in [4.78, 5) is 87.1. The maximum Gasteiger partial charge on any atom is 0.407 e. The summed E-state index contributed by atoms with van der Waals surface area (Å²) in [7, 11) is 0. The van der Waals surface area contributed by atoms with E-state index in [2.05, 4.69) is 21.3 Å². The average Bonchev–Trinajstić information content (AvgIpc) is 3.63. The highest BCUT2D eigenvalue weighted by Gasteiger charge is 2.30. The van der Waals surface area contributed by atoms with Crippen LogP contribution in [0.2, 0.25) is 0 Å². The van der Waals surface area contributed by atoms with Gasteiger partial charge in [-0.05, 0) is 102 Å². The summed E-state index contributed by atoms with van der Waals surface area (Å²) in [6.07, 6.45) is 16.5. The van der Waals surface area contributed by atoms with Crippen LogP contribution in [0.3, 0.4) is 0 Å². The Morgan fingerprint density at radius 2 is 1.06 bits per heavy atom. The van der Waals surface area contributed by atoms with E-state index in [1.807, 2.05) is 69.3 Å². The minimum Gasteiger partial charge on any atom is -0.480 e. The molecule has 402 valence electrons. The molecule has 1 aliphatic rings. The molecule has 0 aromatic heterocycles. The van der Waals surface area contributed by atoms with Gasteiger partial charge < -0.3 is 45.3 Å². The maximum atomic E-state index is 13.0. The number of carboxylic acids is 1. The summed E-state index contributed by atoms with van der Waals surface area (Å²) in [5.74, 6) is -3.01. The number of carbonyl (C=O) groups is 7. The number of aliphatic carboxylic acids is 1. The number of carboxylic acid groups (broad SMARTS) is 1. The van der Waals surface area contributed by atoms with Crippen molar-refractivity contribution in [2.24, 2.45) is 0 Å². The van der Waals surface area contributed by atoms with E-state index in [0.717, 1.165) is 60.8 Å². The molecule has 0 aliphatic heterocycles. The summed E-state index contributed by atoms with van der Waals surface area (Å²) in [6.45, 7) is 11.2. The molecule has 0 spiro atoms. The van der Waals surface area contributed by atoms with Gasteiger partial charge in [-0.1, -0.05) is 126 Å². The Morgan fingerprint density at radius 3 is 1.60 bits per heavy atom. The Hall–Kier alpha value is -5.51. The second-order valence-electron chi connectivity index (χ2n) is 20.8. The quantitative estimate of drug-likeness (QED) is 0.0244. The van der Waals surface area contributed by atoms with Gasteiger partial charge in [0.25, 0.3) is 0 Å². The smallest absolute Gasteiger partial charge is 0.407 e. The highest BCUT2D eigenvalue weighted by molar-refractivity contribution is 5.86. The molecule has 1 aliphatic carbocycles. The van der Waals surface area contributed by atoms with Crippen LogP contribution < -0.4 is 21.3 Å². The van der Waals surface area contributed by atoms with Gasteiger partial charge >= 0.3 is 24.0 Å². The SMILES string of the molecule is CC(C)(C)OC(=O)CCCCCCCCCCCCCCCCC(=O)N[C@@H](CCC(=O)NCCOCC(=O)NCCCC[C@H](NC(=O)OCC1c2ccccc2-c2ccccc21)C(=O)O)C(=O)OC(C)(C)C. The van der Waals surface area contributed by atoms with Crippen molar-refractivity contribution in [3.05, 3.63) is 59.7 Å². The fourth-order valence-electron chi connectivity index (χ4n) is 8.54. The molecular weight excluding hydrogens is 921 g/mol. The van der Waals surface area contributed by atoms with Crippen molar-refractivity contribution in [3.8, 4) is 11.1 Å². The first-order chi connectivity index (χ1) is 34.3. The van der Waals surface area contributed by atoms with Crippen molar-refractivity contribution in [2.75, 3.05) is 32.9 Å². The molecule has 0 unspecified atom stereocenters. The van der Waals surface area contributed by atoms with Crippen molar-refractivity contribution in [1.82, 2.24) is 21.3 Å². The van der Waals surface area contributed by atoms with E-state index < -0.39 is 41.3 Å². The number of alkyl carbamates (subject to hydrolysis) is 1. The van der Waals surface area contributed by atoms with E-state index in [4.69, 9.17) is 18.9 Å². The van der Waals surface area contributed by atoms with Crippen LogP contribution >= 0.6 is 0 Å². The molecule has 0 bridgehead atoms. The van der Waals surface area contributed by atoms with Gasteiger partial charge in [0.15, 0.2) is 0 Å². The third-order valence-electron chi connectivity index (χ3n) is 12.1. The molecule has 2 aromatic carbocycles. The summed E-state index contributed by atoms with van der Waals surface area (Å²) in [5, 5.41) is 20.4. The number of fused-ring (bicyclic) bond motifs is 3. The number of hydrogen-bond donors (Lipinski definition) is 5. The standard InChI is InChI=1S/C56H86N4O12/c1-55(2,3)71-51(64)33-20-18-16-14-12-10-8-7-9-11-13-15-17-19-32-49(62)59-47(53(67)72-56(4,5)6)34-35-48(61)58-37-38-69-40-50(63)57-36-26-25-31-46(52(65)66)60-54(68)70-39-45-43-29-23-21-27-41(43)42-28-22-24-30-44(42)45/h21-24,27-30,45-47H,7-20,25-26,31-40H2,1-6H3,(H,57,63)(H,58,61)(H,59,62)(H,60,68)(H,65,66)/t46-,47-/m0/s1. The molecule has 5 N–H and O–H groups in total.